The molecule has 0 fully saturated rings. The molecule has 100 valence electrons. The van der Waals surface area contributed by atoms with Gasteiger partial charge in [0.25, 0.3) is 0 Å². The molecule has 8 nitrogen and oxygen atoms in total. The van der Waals surface area contributed by atoms with Crippen molar-refractivity contribution in [2.24, 2.45) is 5.73 Å². The van der Waals surface area contributed by atoms with Crippen LogP contribution in [-0.4, -0.2) is 54.2 Å². The van der Waals surface area contributed by atoms with Gasteiger partial charge in [0.2, 0.25) is 0 Å². The quantitative estimate of drug-likeness (QED) is 0.440. The zero-order chi connectivity index (χ0) is 13.2. The van der Waals surface area contributed by atoms with E-state index in [1.165, 1.54) is 0 Å². The molecule has 0 aromatic rings. The lowest BCUT2D eigenvalue weighted by Gasteiger charge is -2.23. The van der Waals surface area contributed by atoms with E-state index < -0.39 is 19.2 Å². The second kappa shape index (κ2) is 9.01. The van der Waals surface area contributed by atoms with Gasteiger partial charge in [-0.3, -0.25) is 9.11 Å². The molecule has 0 aliphatic rings. The number of nitrogens with two attached hydrogens (primary N) is 1. The van der Waals surface area contributed by atoms with Crippen molar-refractivity contribution in [3.8, 4) is 0 Å². The smallest absolute Gasteiger partial charge is 0.377 e. The average molecular weight is 277 g/mol. The standard InChI is InChI=1S/C6H17NO3Si.H2O4S/c1-8-11(9-2,10-3)6-4-5-7;1-5(2,3)4/h4-7H2,1-3H3;(H2,1,2,3,4). The zero-order valence-electron chi connectivity index (χ0n) is 9.54. The Kier molecular flexibility index (Phi) is 10.3. The van der Waals surface area contributed by atoms with Crippen molar-refractivity contribution >= 4 is 19.2 Å². The third-order valence-corrected chi connectivity index (χ3v) is 4.45. The summed E-state index contributed by atoms with van der Waals surface area (Å²) in [6, 6.07) is 0.785. The predicted molar refractivity (Wildman–Crippen MR) is 59.4 cm³/mol. The van der Waals surface area contributed by atoms with Crippen LogP contribution in [-0.2, 0) is 23.7 Å². The van der Waals surface area contributed by atoms with Crippen LogP contribution in [0, 0.1) is 0 Å². The van der Waals surface area contributed by atoms with Crippen molar-refractivity contribution in [1.29, 1.82) is 0 Å². The highest BCUT2D eigenvalue weighted by Crippen LogP contribution is 2.13. The summed E-state index contributed by atoms with van der Waals surface area (Å²) < 4.78 is 47.1. The summed E-state index contributed by atoms with van der Waals surface area (Å²) in [6.07, 6.45) is 0.877. The third kappa shape index (κ3) is 12.0. The summed E-state index contributed by atoms with van der Waals surface area (Å²) in [5.41, 5.74) is 5.36. The van der Waals surface area contributed by atoms with Crippen LogP contribution in [0.4, 0.5) is 0 Å². The Labute approximate surface area is 96.6 Å². The van der Waals surface area contributed by atoms with Crippen molar-refractivity contribution in [1.82, 2.24) is 0 Å². The van der Waals surface area contributed by atoms with Crippen molar-refractivity contribution < 1.29 is 30.8 Å². The van der Waals surface area contributed by atoms with Crippen LogP contribution in [0.15, 0.2) is 0 Å². The van der Waals surface area contributed by atoms with Gasteiger partial charge in [0.1, 0.15) is 0 Å². The molecule has 0 radical (unpaired) electrons. The molecule has 0 aromatic heterocycles. The van der Waals surface area contributed by atoms with E-state index in [0.717, 1.165) is 12.5 Å². The molecule has 0 atom stereocenters. The highest BCUT2D eigenvalue weighted by Gasteiger charge is 2.36. The maximum atomic E-state index is 8.74. The van der Waals surface area contributed by atoms with Gasteiger partial charge in [0.15, 0.2) is 0 Å². The van der Waals surface area contributed by atoms with Gasteiger partial charge in [0.05, 0.1) is 0 Å². The van der Waals surface area contributed by atoms with Crippen molar-refractivity contribution in [2.45, 2.75) is 12.5 Å². The Bertz CT molecular complexity index is 237. The second-order valence-corrected chi connectivity index (χ2v) is 6.62. The second-order valence-electron chi connectivity index (χ2n) is 2.64. The SMILES string of the molecule is CO[Si](CCCN)(OC)OC.O=S(=O)(O)O. The monoisotopic (exact) mass is 277 g/mol. The van der Waals surface area contributed by atoms with Gasteiger partial charge in [-0.25, -0.2) is 0 Å². The van der Waals surface area contributed by atoms with E-state index in [1.54, 1.807) is 21.3 Å². The fourth-order valence-corrected chi connectivity index (χ4v) is 2.62. The van der Waals surface area contributed by atoms with Gasteiger partial charge in [-0.05, 0) is 13.0 Å². The van der Waals surface area contributed by atoms with Gasteiger partial charge in [-0.2, -0.15) is 8.42 Å². The Hall–Kier alpha value is -0.0731. The van der Waals surface area contributed by atoms with E-state index in [9.17, 15) is 0 Å². The summed E-state index contributed by atoms with van der Waals surface area (Å²) in [5, 5.41) is 0. The Balaban J connectivity index is 0. The van der Waals surface area contributed by atoms with Crippen LogP contribution in [0.2, 0.25) is 6.04 Å². The van der Waals surface area contributed by atoms with Crippen LogP contribution >= 0.6 is 0 Å². The number of hydrogen-bond acceptors (Lipinski definition) is 6. The van der Waals surface area contributed by atoms with E-state index in [1.807, 2.05) is 0 Å². The molecule has 0 saturated carbocycles. The first-order valence-electron chi connectivity index (χ1n) is 4.30. The van der Waals surface area contributed by atoms with Gasteiger partial charge in [0, 0.05) is 27.4 Å². The first-order valence-corrected chi connectivity index (χ1v) is 7.63. The summed E-state index contributed by atoms with van der Waals surface area (Å²) in [6.45, 7) is 0.644. The summed E-state index contributed by atoms with van der Waals surface area (Å²) in [7, 11) is -2.16. The van der Waals surface area contributed by atoms with Crippen molar-refractivity contribution in [3.63, 3.8) is 0 Å². The molecule has 4 N–H and O–H groups in total. The van der Waals surface area contributed by atoms with Crippen LogP contribution in [0.5, 0.6) is 0 Å². The lowest BCUT2D eigenvalue weighted by atomic mass is 10.5. The summed E-state index contributed by atoms with van der Waals surface area (Å²) in [5.74, 6) is 0. The minimum Gasteiger partial charge on any atom is -0.377 e. The largest absolute Gasteiger partial charge is 0.500 e. The Morgan fingerprint density at radius 2 is 1.44 bits per heavy atom. The van der Waals surface area contributed by atoms with E-state index >= 15 is 0 Å². The summed E-state index contributed by atoms with van der Waals surface area (Å²) in [4.78, 5) is 0. The number of rotatable bonds is 6. The first-order chi connectivity index (χ1) is 7.24. The van der Waals surface area contributed by atoms with Gasteiger partial charge < -0.3 is 19.0 Å². The highest BCUT2D eigenvalue weighted by atomic mass is 32.3. The maximum Gasteiger partial charge on any atom is 0.500 e. The lowest BCUT2D eigenvalue weighted by Crippen LogP contribution is -2.42. The molecule has 0 aliphatic carbocycles. The van der Waals surface area contributed by atoms with E-state index in [4.69, 9.17) is 36.5 Å². The molecule has 16 heavy (non-hydrogen) atoms. The van der Waals surface area contributed by atoms with E-state index in [0.29, 0.717) is 6.54 Å². The fraction of sp³-hybridized carbons (Fsp3) is 1.00. The fourth-order valence-electron chi connectivity index (χ4n) is 0.875. The third-order valence-electron chi connectivity index (χ3n) is 1.62. The molecule has 0 bridgehead atoms. The molecule has 0 rings (SSSR count). The van der Waals surface area contributed by atoms with Crippen LogP contribution < -0.4 is 5.73 Å². The molecule has 0 amide bonds. The topological polar surface area (TPSA) is 128 Å². The minimum atomic E-state index is -4.67. The predicted octanol–water partition coefficient (Wildman–Crippen LogP) is -0.439. The summed E-state index contributed by atoms with van der Waals surface area (Å²) >= 11 is 0. The van der Waals surface area contributed by atoms with E-state index in [2.05, 4.69) is 0 Å². The Morgan fingerprint density at radius 3 is 1.62 bits per heavy atom. The molecule has 0 unspecified atom stereocenters. The molecule has 0 heterocycles. The molecular weight excluding hydrogens is 258 g/mol. The van der Waals surface area contributed by atoms with Crippen LogP contribution in [0.25, 0.3) is 0 Å². The maximum absolute atomic E-state index is 8.74. The molecule has 0 spiro atoms. The van der Waals surface area contributed by atoms with Crippen LogP contribution in [0.3, 0.4) is 0 Å². The van der Waals surface area contributed by atoms with Crippen LogP contribution in [0.1, 0.15) is 6.42 Å². The zero-order valence-corrected chi connectivity index (χ0v) is 11.4. The highest BCUT2D eigenvalue weighted by molar-refractivity contribution is 7.79. The molecule has 0 saturated heterocycles. The van der Waals surface area contributed by atoms with E-state index in [-0.39, 0.29) is 0 Å². The van der Waals surface area contributed by atoms with Crippen molar-refractivity contribution in [3.05, 3.63) is 0 Å². The first kappa shape index (κ1) is 18.3. The van der Waals surface area contributed by atoms with Gasteiger partial charge in [-0.15, -0.1) is 0 Å². The van der Waals surface area contributed by atoms with Crippen molar-refractivity contribution in [2.75, 3.05) is 27.9 Å². The normalized spacial score (nSPS) is 11.9. The molecule has 0 aromatic carbocycles. The average Bonchev–Trinajstić information content (AvgIpc) is 2.19. The van der Waals surface area contributed by atoms with Gasteiger partial charge >= 0.3 is 19.2 Å². The lowest BCUT2D eigenvalue weighted by molar-refractivity contribution is 0.123. The molecule has 10 heteroatoms. The van der Waals surface area contributed by atoms with Gasteiger partial charge in [-0.1, -0.05) is 0 Å². The minimum absolute atomic E-state index is 0.644. The number of hydrogen-bond donors (Lipinski definition) is 3. The molecule has 0 aliphatic heterocycles. The molecular formula is C6H19NO7SSi. The Morgan fingerprint density at radius 1 is 1.12 bits per heavy atom.